The first-order valence-electron chi connectivity index (χ1n) is 21.2. The van der Waals surface area contributed by atoms with Gasteiger partial charge in [0.1, 0.15) is 6.61 Å². The second-order valence-corrected chi connectivity index (χ2v) is 15.0. The third-order valence-electron chi connectivity index (χ3n) is 10.5. The van der Waals surface area contributed by atoms with Crippen molar-refractivity contribution in [2.24, 2.45) is 5.92 Å². The van der Waals surface area contributed by atoms with Crippen LogP contribution in [-0.2, 0) is 14.2 Å². The largest absolute Gasteiger partial charge is 0.427 e. The lowest BCUT2D eigenvalue weighted by Gasteiger charge is -2.29. The zero-order chi connectivity index (χ0) is 34.9. The monoisotopic (exact) mass is 680 g/mol. The van der Waals surface area contributed by atoms with Gasteiger partial charge in [0, 0.05) is 12.8 Å². The van der Waals surface area contributed by atoms with E-state index in [4.69, 9.17) is 19.5 Å². The summed E-state index contributed by atoms with van der Waals surface area (Å²) in [6, 6.07) is 0. The van der Waals surface area contributed by atoms with Gasteiger partial charge in [-0.2, -0.15) is 5.26 Å². The molecule has 3 unspecified atom stereocenters. The smallest absolute Gasteiger partial charge is 0.286 e. The molecule has 4 heteroatoms. The molecule has 280 valence electrons. The van der Waals surface area contributed by atoms with Gasteiger partial charge in [0.05, 0.1) is 12.2 Å². The minimum absolute atomic E-state index is 0.162. The summed E-state index contributed by atoms with van der Waals surface area (Å²) in [5, 5.41) is 8.87. The maximum Gasteiger partial charge on any atom is 0.286 e. The lowest BCUT2D eigenvalue weighted by Crippen LogP contribution is -2.32. The maximum absolute atomic E-state index is 8.87. The highest BCUT2D eigenvalue weighted by atomic mass is 16.8. The first-order valence-corrected chi connectivity index (χ1v) is 21.2. The number of hydrogen-bond donors (Lipinski definition) is 0. The van der Waals surface area contributed by atoms with E-state index in [-0.39, 0.29) is 12.2 Å². The molecule has 2 fully saturated rings. The summed E-state index contributed by atoms with van der Waals surface area (Å²) in [5.41, 5.74) is 0. The van der Waals surface area contributed by atoms with Crippen LogP contribution in [0.5, 0.6) is 0 Å². The second-order valence-electron chi connectivity index (χ2n) is 15.0. The second kappa shape index (κ2) is 30.9. The zero-order valence-corrected chi connectivity index (χ0v) is 32.2. The van der Waals surface area contributed by atoms with Gasteiger partial charge in [0.25, 0.3) is 6.26 Å². The van der Waals surface area contributed by atoms with Crippen LogP contribution in [0.3, 0.4) is 0 Å². The molecule has 0 aromatic carbocycles. The Balaban J connectivity index is 1.60. The van der Waals surface area contributed by atoms with Crippen molar-refractivity contribution in [3.8, 4) is 6.26 Å². The van der Waals surface area contributed by atoms with Crippen LogP contribution in [0.1, 0.15) is 200 Å². The Labute approximate surface area is 304 Å². The SMILES string of the molecule is CCCCC/C=C\C/C=C\CCCCCCCCC1(CCCCCCCC/C=C\C/C=C\CCCCC)OC2CCC(COC#N)CC2O1. The molecule has 2 rings (SSSR count). The number of nitrogens with zero attached hydrogens (tertiary/aromatic N) is 1. The summed E-state index contributed by atoms with van der Waals surface area (Å²) in [6.07, 6.45) is 56.6. The van der Waals surface area contributed by atoms with Crippen LogP contribution in [0.2, 0.25) is 0 Å². The number of hydrogen-bond acceptors (Lipinski definition) is 4. The molecule has 1 aliphatic carbocycles. The molecule has 1 saturated heterocycles. The Hall–Kier alpha value is -1.83. The minimum atomic E-state index is -0.398. The summed E-state index contributed by atoms with van der Waals surface area (Å²) in [7, 11) is 0. The number of nitriles is 1. The third-order valence-corrected chi connectivity index (χ3v) is 10.5. The van der Waals surface area contributed by atoms with Gasteiger partial charge in [0.2, 0.25) is 0 Å². The molecule has 0 spiro atoms. The van der Waals surface area contributed by atoms with E-state index >= 15 is 0 Å². The van der Waals surface area contributed by atoms with Gasteiger partial charge in [-0.25, -0.2) is 0 Å². The molecule has 2 aliphatic rings. The predicted octanol–water partition coefficient (Wildman–Crippen LogP) is 14.2. The summed E-state index contributed by atoms with van der Waals surface area (Å²) in [6.45, 7) is 5.05. The molecule has 0 radical (unpaired) electrons. The third kappa shape index (κ3) is 22.6. The minimum Gasteiger partial charge on any atom is -0.427 e. The van der Waals surface area contributed by atoms with Crippen LogP contribution >= 0.6 is 0 Å². The Bertz CT molecular complexity index is 867. The van der Waals surface area contributed by atoms with Crippen molar-refractivity contribution in [2.45, 2.75) is 218 Å². The van der Waals surface area contributed by atoms with Crippen LogP contribution in [0.25, 0.3) is 0 Å². The van der Waals surface area contributed by atoms with Crippen LogP contribution in [0.15, 0.2) is 48.6 Å². The average Bonchev–Trinajstić information content (AvgIpc) is 3.48. The fourth-order valence-electron chi connectivity index (χ4n) is 7.45. The van der Waals surface area contributed by atoms with Gasteiger partial charge in [-0.15, -0.1) is 0 Å². The lowest BCUT2D eigenvalue weighted by molar-refractivity contribution is -0.186. The van der Waals surface area contributed by atoms with Crippen LogP contribution < -0.4 is 0 Å². The van der Waals surface area contributed by atoms with Gasteiger partial charge in [-0.1, -0.05) is 140 Å². The van der Waals surface area contributed by atoms with Crippen molar-refractivity contribution >= 4 is 0 Å². The lowest BCUT2D eigenvalue weighted by atomic mass is 9.86. The molecular formula is C45H77NO3. The van der Waals surface area contributed by atoms with Crippen molar-refractivity contribution in [2.75, 3.05) is 6.61 Å². The molecule has 49 heavy (non-hydrogen) atoms. The predicted molar refractivity (Wildman–Crippen MR) is 209 cm³/mol. The van der Waals surface area contributed by atoms with E-state index in [9.17, 15) is 0 Å². The topological polar surface area (TPSA) is 51.5 Å². The highest BCUT2D eigenvalue weighted by Gasteiger charge is 2.48. The summed E-state index contributed by atoms with van der Waals surface area (Å²) in [4.78, 5) is 0. The van der Waals surface area contributed by atoms with Crippen molar-refractivity contribution in [3.63, 3.8) is 0 Å². The van der Waals surface area contributed by atoms with E-state index in [1.54, 1.807) is 0 Å². The van der Waals surface area contributed by atoms with E-state index in [0.29, 0.717) is 12.5 Å². The molecule has 0 N–H and O–H groups in total. The number of fused-ring (bicyclic) bond motifs is 1. The summed E-state index contributed by atoms with van der Waals surface area (Å²) < 4.78 is 18.7. The molecule has 1 saturated carbocycles. The van der Waals surface area contributed by atoms with Crippen molar-refractivity contribution in [1.82, 2.24) is 0 Å². The summed E-state index contributed by atoms with van der Waals surface area (Å²) >= 11 is 0. The first-order chi connectivity index (χ1) is 24.2. The van der Waals surface area contributed by atoms with Crippen LogP contribution in [0.4, 0.5) is 0 Å². The van der Waals surface area contributed by atoms with E-state index in [1.165, 1.54) is 141 Å². The van der Waals surface area contributed by atoms with Gasteiger partial charge >= 0.3 is 0 Å². The molecule has 4 nitrogen and oxygen atoms in total. The number of allylic oxidation sites excluding steroid dienone is 8. The molecule has 0 amide bonds. The van der Waals surface area contributed by atoms with E-state index in [1.807, 2.05) is 6.26 Å². The Kier molecular flexibility index (Phi) is 27.4. The van der Waals surface area contributed by atoms with Gasteiger partial charge in [-0.3, -0.25) is 0 Å². The van der Waals surface area contributed by atoms with E-state index in [2.05, 4.69) is 62.5 Å². The fourth-order valence-corrected chi connectivity index (χ4v) is 7.45. The fraction of sp³-hybridized carbons (Fsp3) is 0.800. The molecular weight excluding hydrogens is 602 g/mol. The number of unbranched alkanes of at least 4 members (excludes halogenated alkanes) is 18. The van der Waals surface area contributed by atoms with Crippen molar-refractivity contribution < 1.29 is 14.2 Å². The quantitative estimate of drug-likeness (QED) is 0.0403. The standard InChI is InChI=1S/C45H77NO3/c1-3-5-7-9-11-13-15-17-19-21-23-25-27-29-31-33-37-45(48-43-36-35-42(40-47-41-46)39-44(43)49-45)38-34-32-30-28-26-24-22-20-18-16-14-12-10-8-6-4-2/h11-14,17-20,42-44H,3-10,15-16,21-40H2,1-2H3/b13-11-,14-12-,19-17-,20-18-. The molecule has 3 atom stereocenters. The van der Waals surface area contributed by atoms with Gasteiger partial charge in [-0.05, 0) is 102 Å². The van der Waals surface area contributed by atoms with Gasteiger partial charge in [0.15, 0.2) is 5.79 Å². The Morgan fingerprint density at radius 3 is 1.45 bits per heavy atom. The maximum atomic E-state index is 8.87. The van der Waals surface area contributed by atoms with Crippen LogP contribution in [0, 0.1) is 17.4 Å². The number of rotatable bonds is 32. The summed E-state index contributed by atoms with van der Waals surface area (Å²) in [5.74, 6) is 0.00848. The number of ether oxygens (including phenoxy) is 3. The normalized spacial score (nSPS) is 20.6. The molecule has 0 aromatic rings. The molecule has 1 heterocycles. The molecule has 0 aromatic heterocycles. The Morgan fingerprint density at radius 2 is 0.980 bits per heavy atom. The molecule has 0 bridgehead atoms. The van der Waals surface area contributed by atoms with Crippen molar-refractivity contribution in [3.05, 3.63) is 48.6 Å². The van der Waals surface area contributed by atoms with Crippen molar-refractivity contribution in [1.29, 1.82) is 5.26 Å². The van der Waals surface area contributed by atoms with Crippen LogP contribution in [-0.4, -0.2) is 24.6 Å². The van der Waals surface area contributed by atoms with Gasteiger partial charge < -0.3 is 14.2 Å². The Morgan fingerprint density at radius 1 is 0.551 bits per heavy atom. The highest BCUT2D eigenvalue weighted by Crippen LogP contribution is 2.44. The highest BCUT2D eigenvalue weighted by molar-refractivity contribution is 4.94. The van der Waals surface area contributed by atoms with E-state index in [0.717, 1.165) is 44.9 Å². The first kappa shape index (κ1) is 43.3. The average molecular weight is 680 g/mol. The zero-order valence-electron chi connectivity index (χ0n) is 32.2. The van der Waals surface area contributed by atoms with E-state index < -0.39 is 5.79 Å². The molecule has 1 aliphatic heterocycles.